The lowest BCUT2D eigenvalue weighted by molar-refractivity contribution is 0.0612. The van der Waals surface area contributed by atoms with Gasteiger partial charge in [0.25, 0.3) is 0 Å². The number of nitrogens with one attached hydrogen (secondary N) is 1. The third kappa shape index (κ3) is 4.59. The predicted octanol–water partition coefficient (Wildman–Crippen LogP) is 5.35. The zero-order valence-electron chi connectivity index (χ0n) is 17.5. The van der Waals surface area contributed by atoms with Crippen molar-refractivity contribution in [3.8, 4) is 0 Å². The Balaban J connectivity index is 1.45. The average molecular weight is 369 g/mol. The summed E-state index contributed by atoms with van der Waals surface area (Å²) >= 11 is 0. The standard InChI is InChI=1S/C25H40N2/c1-2-3-8-15-26-23-20-25(18-21-11-6-7-12-22(21)19-25)14-13-24(23)27-16-9-4-5-10-17-27/h6-7,11-12,23-24,26H,2-5,8-10,13-20H2,1H3. The maximum atomic E-state index is 4.06. The maximum Gasteiger partial charge on any atom is 0.0249 e. The Kier molecular flexibility index (Phi) is 6.55. The Labute approximate surface area is 167 Å². The van der Waals surface area contributed by atoms with Crippen LogP contribution in [-0.2, 0) is 12.8 Å². The number of unbranched alkanes of at least 4 members (excludes halogenated alkanes) is 2. The first-order valence-corrected chi connectivity index (χ1v) is 11.8. The van der Waals surface area contributed by atoms with Crippen LogP contribution in [0.5, 0.6) is 0 Å². The van der Waals surface area contributed by atoms with Gasteiger partial charge in [0, 0.05) is 12.1 Å². The fourth-order valence-corrected chi connectivity index (χ4v) is 6.19. The van der Waals surface area contributed by atoms with E-state index in [2.05, 4.69) is 41.4 Å². The molecule has 2 nitrogen and oxygen atoms in total. The quantitative estimate of drug-likeness (QED) is 0.681. The molecule has 2 fully saturated rings. The Morgan fingerprint density at radius 3 is 2.37 bits per heavy atom. The summed E-state index contributed by atoms with van der Waals surface area (Å²) in [5.74, 6) is 0. The molecule has 3 aliphatic rings. The van der Waals surface area contributed by atoms with Gasteiger partial charge in [0.1, 0.15) is 0 Å². The second-order valence-electron chi connectivity index (χ2n) is 9.65. The molecule has 27 heavy (non-hydrogen) atoms. The smallest absolute Gasteiger partial charge is 0.0249 e. The zero-order valence-corrected chi connectivity index (χ0v) is 17.5. The highest BCUT2D eigenvalue weighted by molar-refractivity contribution is 5.35. The number of likely N-dealkylation sites (tertiary alicyclic amines) is 1. The summed E-state index contributed by atoms with van der Waals surface area (Å²) < 4.78 is 0. The highest BCUT2D eigenvalue weighted by atomic mass is 15.2. The van der Waals surface area contributed by atoms with Gasteiger partial charge < -0.3 is 5.32 Å². The summed E-state index contributed by atoms with van der Waals surface area (Å²) in [4.78, 5) is 2.87. The molecule has 1 aromatic rings. The van der Waals surface area contributed by atoms with Crippen LogP contribution in [0, 0.1) is 5.41 Å². The van der Waals surface area contributed by atoms with E-state index in [-0.39, 0.29) is 0 Å². The van der Waals surface area contributed by atoms with Crippen molar-refractivity contribution in [2.24, 2.45) is 5.41 Å². The molecular weight excluding hydrogens is 328 g/mol. The van der Waals surface area contributed by atoms with E-state index in [0.717, 1.165) is 6.04 Å². The van der Waals surface area contributed by atoms with Crippen molar-refractivity contribution in [3.63, 3.8) is 0 Å². The molecule has 150 valence electrons. The van der Waals surface area contributed by atoms with E-state index in [0.29, 0.717) is 11.5 Å². The molecular formula is C25H40N2. The molecule has 1 saturated heterocycles. The zero-order chi connectivity index (χ0) is 18.5. The van der Waals surface area contributed by atoms with Crippen molar-refractivity contribution in [3.05, 3.63) is 35.4 Å². The lowest BCUT2D eigenvalue weighted by Crippen LogP contribution is -2.56. The molecule has 1 spiro atoms. The third-order valence-corrected chi connectivity index (χ3v) is 7.63. The van der Waals surface area contributed by atoms with E-state index in [1.54, 1.807) is 11.1 Å². The highest BCUT2D eigenvalue weighted by Gasteiger charge is 2.45. The fraction of sp³-hybridized carbons (Fsp3) is 0.760. The monoisotopic (exact) mass is 368 g/mol. The molecule has 1 N–H and O–H groups in total. The largest absolute Gasteiger partial charge is 0.312 e. The molecule has 1 aromatic carbocycles. The van der Waals surface area contributed by atoms with Gasteiger partial charge in [-0.1, -0.05) is 56.9 Å². The van der Waals surface area contributed by atoms with Crippen LogP contribution in [0.1, 0.15) is 82.3 Å². The number of hydrogen-bond donors (Lipinski definition) is 1. The van der Waals surface area contributed by atoms with E-state index < -0.39 is 0 Å². The van der Waals surface area contributed by atoms with Gasteiger partial charge in [-0.15, -0.1) is 0 Å². The molecule has 0 bridgehead atoms. The van der Waals surface area contributed by atoms with Gasteiger partial charge in [-0.2, -0.15) is 0 Å². The van der Waals surface area contributed by atoms with Crippen LogP contribution < -0.4 is 5.32 Å². The Morgan fingerprint density at radius 1 is 1.00 bits per heavy atom. The van der Waals surface area contributed by atoms with Gasteiger partial charge in [-0.05, 0) is 87.5 Å². The van der Waals surface area contributed by atoms with Gasteiger partial charge in [0.05, 0.1) is 0 Å². The molecule has 0 radical (unpaired) electrons. The minimum absolute atomic E-state index is 0.536. The number of hydrogen-bond acceptors (Lipinski definition) is 2. The normalized spacial score (nSPS) is 28.2. The van der Waals surface area contributed by atoms with Crippen molar-refractivity contribution < 1.29 is 0 Å². The topological polar surface area (TPSA) is 15.3 Å². The average Bonchev–Trinajstić information content (AvgIpc) is 2.84. The first-order chi connectivity index (χ1) is 13.3. The third-order valence-electron chi connectivity index (χ3n) is 7.63. The minimum Gasteiger partial charge on any atom is -0.312 e. The molecule has 2 unspecified atom stereocenters. The van der Waals surface area contributed by atoms with Crippen molar-refractivity contribution >= 4 is 0 Å². The molecule has 4 rings (SSSR count). The Hall–Kier alpha value is -0.860. The molecule has 1 saturated carbocycles. The van der Waals surface area contributed by atoms with Crippen LogP contribution in [0.4, 0.5) is 0 Å². The fourth-order valence-electron chi connectivity index (χ4n) is 6.19. The summed E-state index contributed by atoms with van der Waals surface area (Å²) in [6.45, 7) is 6.20. The lowest BCUT2D eigenvalue weighted by atomic mass is 9.68. The van der Waals surface area contributed by atoms with E-state index in [1.807, 2.05) is 0 Å². The summed E-state index contributed by atoms with van der Waals surface area (Å²) in [5.41, 5.74) is 3.81. The molecule has 2 heteroatoms. The Bertz CT molecular complexity index is 563. The molecule has 0 aromatic heterocycles. The summed E-state index contributed by atoms with van der Waals surface area (Å²) in [6.07, 6.45) is 16.6. The summed E-state index contributed by atoms with van der Waals surface area (Å²) in [7, 11) is 0. The SMILES string of the molecule is CCCCCNC1CC2(CCC1N1CCCCCC1)Cc1ccccc1C2. The van der Waals surface area contributed by atoms with Crippen molar-refractivity contribution in [1.82, 2.24) is 10.2 Å². The summed E-state index contributed by atoms with van der Waals surface area (Å²) in [5, 5.41) is 4.06. The van der Waals surface area contributed by atoms with Gasteiger partial charge >= 0.3 is 0 Å². The van der Waals surface area contributed by atoms with Crippen LogP contribution in [-0.4, -0.2) is 36.6 Å². The highest BCUT2D eigenvalue weighted by Crippen LogP contribution is 2.48. The molecule has 1 aliphatic heterocycles. The van der Waals surface area contributed by atoms with E-state index in [1.165, 1.54) is 96.7 Å². The maximum absolute atomic E-state index is 4.06. The molecule has 1 heterocycles. The predicted molar refractivity (Wildman–Crippen MR) is 115 cm³/mol. The number of rotatable bonds is 6. The van der Waals surface area contributed by atoms with Crippen LogP contribution in [0.3, 0.4) is 0 Å². The van der Waals surface area contributed by atoms with Crippen molar-refractivity contribution in [2.45, 2.75) is 96.1 Å². The number of fused-ring (bicyclic) bond motifs is 1. The second-order valence-corrected chi connectivity index (χ2v) is 9.65. The molecule has 2 aliphatic carbocycles. The van der Waals surface area contributed by atoms with Crippen LogP contribution in [0.2, 0.25) is 0 Å². The first-order valence-electron chi connectivity index (χ1n) is 11.8. The second kappa shape index (κ2) is 9.09. The summed E-state index contributed by atoms with van der Waals surface area (Å²) in [6, 6.07) is 10.7. The van der Waals surface area contributed by atoms with Crippen molar-refractivity contribution in [2.75, 3.05) is 19.6 Å². The van der Waals surface area contributed by atoms with Crippen LogP contribution in [0.25, 0.3) is 0 Å². The van der Waals surface area contributed by atoms with Gasteiger partial charge in [0.2, 0.25) is 0 Å². The van der Waals surface area contributed by atoms with Gasteiger partial charge in [-0.25, -0.2) is 0 Å². The number of nitrogens with zero attached hydrogens (tertiary/aromatic N) is 1. The molecule has 2 atom stereocenters. The van der Waals surface area contributed by atoms with Gasteiger partial charge in [-0.3, -0.25) is 4.90 Å². The van der Waals surface area contributed by atoms with E-state index >= 15 is 0 Å². The van der Waals surface area contributed by atoms with E-state index in [9.17, 15) is 0 Å². The van der Waals surface area contributed by atoms with Crippen LogP contribution in [0.15, 0.2) is 24.3 Å². The number of benzene rings is 1. The first kappa shape index (κ1) is 19.5. The van der Waals surface area contributed by atoms with E-state index in [4.69, 9.17) is 0 Å². The minimum atomic E-state index is 0.536. The van der Waals surface area contributed by atoms with Gasteiger partial charge in [0.15, 0.2) is 0 Å². The van der Waals surface area contributed by atoms with Crippen molar-refractivity contribution in [1.29, 1.82) is 0 Å². The molecule has 0 amide bonds. The lowest BCUT2D eigenvalue weighted by Gasteiger charge is -2.47. The Morgan fingerprint density at radius 2 is 1.70 bits per heavy atom. The van der Waals surface area contributed by atoms with Crippen LogP contribution >= 0.6 is 0 Å².